The normalized spacial score (nSPS) is 10.6. The van der Waals surface area contributed by atoms with E-state index in [0.29, 0.717) is 0 Å². The van der Waals surface area contributed by atoms with Crippen LogP contribution in [-0.4, -0.2) is 11.1 Å². The third kappa shape index (κ3) is 1.34. The van der Waals surface area contributed by atoms with Gasteiger partial charge in [0.2, 0.25) is 0 Å². The quantitative estimate of drug-likeness (QED) is 0.516. The summed E-state index contributed by atoms with van der Waals surface area (Å²) in [6.07, 6.45) is 0. The maximum absolute atomic E-state index is 10.8. The first-order chi connectivity index (χ1) is 6.59. The standard InChI is InChI=1S/C9H7NO2S2/c10-6-1-5-7(13)3-14-8(5)2-4(6)9(11)12/h1-3,13H,10H2,(H,11,12). The largest absolute Gasteiger partial charge is 0.478 e. The van der Waals surface area contributed by atoms with Crippen LogP contribution in [0.1, 0.15) is 10.4 Å². The van der Waals surface area contributed by atoms with Crippen LogP contribution < -0.4 is 5.73 Å². The van der Waals surface area contributed by atoms with Crippen LogP contribution in [0.15, 0.2) is 22.4 Å². The molecule has 1 aromatic heterocycles. The molecule has 3 nitrogen and oxygen atoms in total. The van der Waals surface area contributed by atoms with E-state index in [1.807, 2.05) is 5.38 Å². The van der Waals surface area contributed by atoms with Gasteiger partial charge >= 0.3 is 5.97 Å². The van der Waals surface area contributed by atoms with Gasteiger partial charge in [-0.1, -0.05) is 0 Å². The predicted molar refractivity (Wildman–Crippen MR) is 60.4 cm³/mol. The zero-order valence-electron chi connectivity index (χ0n) is 7.02. The van der Waals surface area contributed by atoms with Crippen LogP contribution in [-0.2, 0) is 0 Å². The lowest BCUT2D eigenvalue weighted by molar-refractivity contribution is 0.0698. The van der Waals surface area contributed by atoms with Gasteiger partial charge in [0, 0.05) is 26.0 Å². The monoisotopic (exact) mass is 225 g/mol. The second-order valence-corrected chi connectivity index (χ2v) is 4.25. The van der Waals surface area contributed by atoms with Gasteiger partial charge in [0.15, 0.2) is 0 Å². The fraction of sp³-hybridized carbons (Fsp3) is 0. The summed E-state index contributed by atoms with van der Waals surface area (Å²) in [7, 11) is 0. The second-order valence-electron chi connectivity index (χ2n) is 2.86. The average molecular weight is 225 g/mol. The summed E-state index contributed by atoms with van der Waals surface area (Å²) < 4.78 is 0.890. The smallest absolute Gasteiger partial charge is 0.337 e. The van der Waals surface area contributed by atoms with Gasteiger partial charge in [-0.05, 0) is 12.1 Å². The molecule has 0 aliphatic carbocycles. The van der Waals surface area contributed by atoms with Crippen LogP contribution in [0.25, 0.3) is 10.1 Å². The molecule has 0 aliphatic heterocycles. The molecule has 0 amide bonds. The molecule has 1 heterocycles. The van der Waals surface area contributed by atoms with Gasteiger partial charge in [0.1, 0.15) is 0 Å². The maximum Gasteiger partial charge on any atom is 0.337 e. The van der Waals surface area contributed by atoms with Crippen molar-refractivity contribution < 1.29 is 9.90 Å². The number of fused-ring (bicyclic) bond motifs is 1. The van der Waals surface area contributed by atoms with Crippen molar-refractivity contribution in [2.45, 2.75) is 4.90 Å². The fourth-order valence-corrected chi connectivity index (χ4v) is 2.53. The molecule has 0 bridgehead atoms. The molecule has 14 heavy (non-hydrogen) atoms. The number of rotatable bonds is 1. The fourth-order valence-electron chi connectivity index (χ4n) is 1.26. The first kappa shape index (κ1) is 9.36. The van der Waals surface area contributed by atoms with E-state index < -0.39 is 5.97 Å². The van der Waals surface area contributed by atoms with E-state index >= 15 is 0 Å². The average Bonchev–Trinajstić information content (AvgIpc) is 2.46. The molecule has 0 atom stereocenters. The molecule has 0 aliphatic rings. The van der Waals surface area contributed by atoms with Crippen LogP contribution >= 0.6 is 24.0 Å². The highest BCUT2D eigenvalue weighted by Crippen LogP contribution is 2.32. The Bertz CT molecular complexity index is 519. The molecule has 0 fully saturated rings. The number of anilines is 1. The third-order valence-electron chi connectivity index (χ3n) is 1.96. The van der Waals surface area contributed by atoms with Crippen molar-refractivity contribution in [2.24, 2.45) is 0 Å². The van der Waals surface area contributed by atoms with E-state index in [2.05, 4.69) is 12.6 Å². The Kier molecular flexibility index (Phi) is 2.13. The SMILES string of the molecule is Nc1cc2c(S)csc2cc1C(=O)O. The zero-order chi connectivity index (χ0) is 10.3. The number of carbonyl (C=O) groups is 1. The van der Waals surface area contributed by atoms with Crippen molar-refractivity contribution in [1.82, 2.24) is 0 Å². The number of nitrogen functional groups attached to an aromatic ring is 1. The lowest BCUT2D eigenvalue weighted by atomic mass is 10.1. The molecule has 72 valence electrons. The number of aromatic carboxylic acids is 1. The molecule has 0 saturated carbocycles. The Morgan fingerprint density at radius 2 is 2.21 bits per heavy atom. The number of thiol groups is 1. The molecule has 1 aromatic carbocycles. The van der Waals surface area contributed by atoms with E-state index in [0.717, 1.165) is 15.0 Å². The van der Waals surface area contributed by atoms with Gasteiger partial charge in [0.25, 0.3) is 0 Å². The number of carboxylic acid groups (broad SMARTS) is 1. The highest BCUT2D eigenvalue weighted by Gasteiger charge is 2.11. The number of nitrogens with two attached hydrogens (primary N) is 1. The minimum atomic E-state index is -1.00. The second kappa shape index (κ2) is 3.18. The summed E-state index contributed by atoms with van der Waals surface area (Å²) >= 11 is 5.70. The lowest BCUT2D eigenvalue weighted by Crippen LogP contribution is -2.01. The van der Waals surface area contributed by atoms with Gasteiger partial charge in [0.05, 0.1) is 5.56 Å². The van der Waals surface area contributed by atoms with E-state index in [4.69, 9.17) is 10.8 Å². The van der Waals surface area contributed by atoms with Crippen molar-refractivity contribution in [2.75, 3.05) is 5.73 Å². The minimum absolute atomic E-state index is 0.146. The Balaban J connectivity index is 2.79. The van der Waals surface area contributed by atoms with Crippen molar-refractivity contribution >= 4 is 45.7 Å². The highest BCUT2D eigenvalue weighted by atomic mass is 32.1. The predicted octanol–water partition coefficient (Wildman–Crippen LogP) is 2.47. The van der Waals surface area contributed by atoms with Crippen molar-refractivity contribution in [3.05, 3.63) is 23.1 Å². The number of carboxylic acids is 1. The van der Waals surface area contributed by atoms with Gasteiger partial charge in [-0.2, -0.15) is 0 Å². The van der Waals surface area contributed by atoms with E-state index in [-0.39, 0.29) is 11.3 Å². The van der Waals surface area contributed by atoms with E-state index in [9.17, 15) is 4.79 Å². The minimum Gasteiger partial charge on any atom is -0.478 e. The van der Waals surface area contributed by atoms with Gasteiger partial charge < -0.3 is 10.8 Å². The molecule has 0 radical (unpaired) electrons. The van der Waals surface area contributed by atoms with Crippen molar-refractivity contribution in [3.63, 3.8) is 0 Å². The van der Waals surface area contributed by atoms with Gasteiger partial charge in [-0.25, -0.2) is 4.79 Å². The van der Waals surface area contributed by atoms with E-state index in [1.54, 1.807) is 12.1 Å². The Labute approximate surface area is 89.6 Å². The van der Waals surface area contributed by atoms with Gasteiger partial charge in [-0.15, -0.1) is 24.0 Å². The van der Waals surface area contributed by atoms with Crippen LogP contribution in [0.4, 0.5) is 5.69 Å². The summed E-state index contributed by atoms with van der Waals surface area (Å²) in [5.74, 6) is -1.00. The molecule has 2 rings (SSSR count). The molecule has 0 unspecified atom stereocenters. The number of thiophene rings is 1. The summed E-state index contributed by atoms with van der Waals surface area (Å²) in [5, 5.41) is 11.6. The molecule has 0 spiro atoms. The Morgan fingerprint density at radius 3 is 2.86 bits per heavy atom. The number of hydrogen-bond acceptors (Lipinski definition) is 4. The maximum atomic E-state index is 10.8. The first-order valence-electron chi connectivity index (χ1n) is 3.82. The van der Waals surface area contributed by atoms with Gasteiger partial charge in [-0.3, -0.25) is 0 Å². The van der Waals surface area contributed by atoms with Crippen molar-refractivity contribution in [3.8, 4) is 0 Å². The highest BCUT2D eigenvalue weighted by molar-refractivity contribution is 7.80. The molecule has 5 heteroatoms. The summed E-state index contributed by atoms with van der Waals surface area (Å²) in [4.78, 5) is 11.6. The first-order valence-corrected chi connectivity index (χ1v) is 5.15. The lowest BCUT2D eigenvalue weighted by Gasteiger charge is -2.00. The Morgan fingerprint density at radius 1 is 1.50 bits per heavy atom. The third-order valence-corrected chi connectivity index (χ3v) is 3.45. The zero-order valence-corrected chi connectivity index (χ0v) is 8.73. The molecular weight excluding hydrogens is 218 g/mol. The van der Waals surface area contributed by atoms with Crippen molar-refractivity contribution in [1.29, 1.82) is 0 Å². The Hall–Kier alpha value is -1.20. The molecule has 0 saturated heterocycles. The number of hydrogen-bond donors (Lipinski definition) is 3. The molecule has 2 aromatic rings. The molecule has 3 N–H and O–H groups in total. The summed E-state index contributed by atoms with van der Waals surface area (Å²) in [6.45, 7) is 0. The summed E-state index contributed by atoms with van der Waals surface area (Å²) in [5.41, 5.74) is 6.03. The topological polar surface area (TPSA) is 63.3 Å². The number of benzene rings is 1. The van der Waals surface area contributed by atoms with Crippen LogP contribution in [0, 0.1) is 0 Å². The van der Waals surface area contributed by atoms with Crippen LogP contribution in [0.2, 0.25) is 0 Å². The molecular formula is C9H7NO2S2. The van der Waals surface area contributed by atoms with Crippen LogP contribution in [0.5, 0.6) is 0 Å². The summed E-state index contributed by atoms with van der Waals surface area (Å²) in [6, 6.07) is 3.23. The van der Waals surface area contributed by atoms with Crippen LogP contribution in [0.3, 0.4) is 0 Å². The van der Waals surface area contributed by atoms with E-state index in [1.165, 1.54) is 11.3 Å².